The molecule has 3 N–H and O–H groups in total. The monoisotopic (exact) mass is 800 g/mol. The molecule has 0 saturated carbocycles. The van der Waals surface area contributed by atoms with Crippen LogP contribution >= 0.6 is 0 Å². The fraction of sp³-hybridized carbons (Fsp3) is 0.804. The van der Waals surface area contributed by atoms with Crippen molar-refractivity contribution < 1.29 is 24.5 Å². The quantitative estimate of drug-likeness (QED) is 0.0247. The number of hydrogen-bond acceptors (Lipinski definition) is 5. The van der Waals surface area contributed by atoms with Gasteiger partial charge in [-0.15, -0.1) is 0 Å². The van der Waals surface area contributed by atoms with E-state index in [2.05, 4.69) is 74.7 Å². The van der Waals surface area contributed by atoms with Crippen molar-refractivity contribution in [2.45, 2.75) is 257 Å². The van der Waals surface area contributed by atoms with Gasteiger partial charge in [0.15, 0.2) is 0 Å². The summed E-state index contributed by atoms with van der Waals surface area (Å²) in [4.78, 5) is 26.1. The zero-order chi connectivity index (χ0) is 41.7. The second-order valence-electron chi connectivity index (χ2n) is 16.5. The Morgan fingerprint density at radius 1 is 0.526 bits per heavy atom. The number of carbonyl (C=O) groups excluding carboxylic acids is 2. The number of unbranched alkanes of at least 4 members (excludes halogenated alkanes) is 25. The molecule has 1 amide bonds. The predicted octanol–water partition coefficient (Wildman–Crippen LogP) is 14.3. The molecule has 0 aromatic heterocycles. The van der Waals surface area contributed by atoms with E-state index in [4.69, 9.17) is 4.74 Å². The lowest BCUT2D eigenvalue weighted by atomic mass is 10.0. The van der Waals surface area contributed by atoms with Crippen molar-refractivity contribution in [3.63, 3.8) is 0 Å². The first-order chi connectivity index (χ1) is 28.0. The maximum absolute atomic E-state index is 13.2. The molecule has 0 heterocycles. The fourth-order valence-corrected chi connectivity index (χ4v) is 7.25. The van der Waals surface area contributed by atoms with Crippen LogP contribution in [-0.4, -0.2) is 46.9 Å². The van der Waals surface area contributed by atoms with Crippen LogP contribution in [0.15, 0.2) is 48.6 Å². The Balaban J connectivity index is 4.62. The molecule has 0 aromatic rings. The third-order valence-corrected chi connectivity index (χ3v) is 11.0. The number of amides is 1. The molecule has 3 unspecified atom stereocenters. The summed E-state index contributed by atoms with van der Waals surface area (Å²) in [5.41, 5.74) is 0. The first-order valence-corrected chi connectivity index (χ1v) is 24.4. The van der Waals surface area contributed by atoms with E-state index in [0.29, 0.717) is 19.3 Å². The Kier molecular flexibility index (Phi) is 43.2. The zero-order valence-corrected chi connectivity index (χ0v) is 37.7. The molecule has 0 aromatic carbocycles. The van der Waals surface area contributed by atoms with E-state index >= 15 is 0 Å². The molecule has 0 radical (unpaired) electrons. The molecule has 0 aliphatic carbocycles. The normalized spacial score (nSPS) is 13.7. The van der Waals surface area contributed by atoms with E-state index < -0.39 is 18.2 Å². The van der Waals surface area contributed by atoms with Crippen LogP contribution < -0.4 is 5.32 Å². The summed E-state index contributed by atoms with van der Waals surface area (Å²) in [5, 5.41) is 23.7. The lowest BCUT2D eigenvalue weighted by Gasteiger charge is -2.24. The average Bonchev–Trinajstić information content (AvgIpc) is 3.20. The summed E-state index contributed by atoms with van der Waals surface area (Å²) in [7, 11) is 0. The lowest BCUT2D eigenvalue weighted by molar-refractivity contribution is -0.151. The Labute approximate surface area is 353 Å². The number of rotatable bonds is 43. The Bertz CT molecular complexity index is 988. The number of ether oxygens (including phenoxy) is 1. The second-order valence-corrected chi connectivity index (χ2v) is 16.5. The van der Waals surface area contributed by atoms with E-state index in [1.807, 2.05) is 0 Å². The summed E-state index contributed by atoms with van der Waals surface area (Å²) in [5.74, 6) is -0.504. The number of allylic oxidation sites excluding steroid dienone is 8. The summed E-state index contributed by atoms with van der Waals surface area (Å²) in [6.07, 6.45) is 53.1. The van der Waals surface area contributed by atoms with E-state index in [9.17, 15) is 19.8 Å². The van der Waals surface area contributed by atoms with Gasteiger partial charge in [-0.3, -0.25) is 9.59 Å². The van der Waals surface area contributed by atoms with Gasteiger partial charge in [-0.25, -0.2) is 0 Å². The van der Waals surface area contributed by atoms with Gasteiger partial charge >= 0.3 is 5.97 Å². The van der Waals surface area contributed by atoms with E-state index in [0.717, 1.165) is 89.9 Å². The summed E-state index contributed by atoms with van der Waals surface area (Å²) >= 11 is 0. The second kappa shape index (κ2) is 44.9. The number of hydrogen-bond donors (Lipinski definition) is 3. The van der Waals surface area contributed by atoms with Crippen LogP contribution in [0.25, 0.3) is 0 Å². The van der Waals surface area contributed by atoms with Crippen LogP contribution in [0.5, 0.6) is 0 Å². The topological polar surface area (TPSA) is 95.9 Å². The Morgan fingerprint density at radius 3 is 1.49 bits per heavy atom. The predicted molar refractivity (Wildman–Crippen MR) is 245 cm³/mol. The molecule has 6 heteroatoms. The van der Waals surface area contributed by atoms with Crippen molar-refractivity contribution in [1.82, 2.24) is 5.32 Å². The molecular formula is C51H93NO5. The molecule has 332 valence electrons. The smallest absolute Gasteiger partial charge is 0.306 e. The van der Waals surface area contributed by atoms with Crippen LogP contribution in [0.2, 0.25) is 0 Å². The largest absolute Gasteiger partial charge is 0.462 e. The van der Waals surface area contributed by atoms with Crippen LogP contribution in [0.3, 0.4) is 0 Å². The van der Waals surface area contributed by atoms with Gasteiger partial charge in [0.25, 0.3) is 0 Å². The molecule has 57 heavy (non-hydrogen) atoms. The van der Waals surface area contributed by atoms with Gasteiger partial charge in [0.2, 0.25) is 5.91 Å². The van der Waals surface area contributed by atoms with Gasteiger partial charge in [0, 0.05) is 6.42 Å². The third-order valence-electron chi connectivity index (χ3n) is 11.0. The SMILES string of the molecule is CC/C=C/C=C/C=C\CCCCCCCC(=O)OC(CCCCCCC/C=C\CCCCCC)CC(=O)NC(CO)C(O)CCCCCCCCCCCCCC. The Morgan fingerprint density at radius 2 is 0.965 bits per heavy atom. The van der Waals surface area contributed by atoms with E-state index in [1.54, 1.807) is 0 Å². The molecule has 6 nitrogen and oxygen atoms in total. The molecule has 0 fully saturated rings. The highest BCUT2D eigenvalue weighted by Crippen LogP contribution is 2.17. The molecule has 0 rings (SSSR count). The summed E-state index contributed by atoms with van der Waals surface area (Å²) in [6.45, 7) is 6.32. The average molecular weight is 800 g/mol. The van der Waals surface area contributed by atoms with Crippen molar-refractivity contribution in [2.75, 3.05) is 6.61 Å². The minimum atomic E-state index is -0.792. The first-order valence-electron chi connectivity index (χ1n) is 24.4. The molecule has 0 spiro atoms. The van der Waals surface area contributed by atoms with E-state index in [-0.39, 0.29) is 24.9 Å². The number of nitrogens with one attached hydrogen (secondary N) is 1. The van der Waals surface area contributed by atoms with Gasteiger partial charge in [-0.1, -0.05) is 204 Å². The minimum Gasteiger partial charge on any atom is -0.462 e. The standard InChI is InChI=1S/C51H93NO5/c1-4-7-10-13-16-19-22-25-27-30-33-36-39-42-47(57-51(56)44-41-38-35-32-29-26-23-20-17-14-11-8-5-2)45-50(55)52-48(46-53)49(54)43-40-37-34-31-28-24-21-18-15-12-9-6-3/h8,11,14,17,19-20,22-23,47-49,53-54H,4-7,9-10,12-13,15-16,18,21,24-46H2,1-3H3,(H,52,55)/b11-8+,17-14+,22-19-,23-20-. The van der Waals surface area contributed by atoms with Crippen molar-refractivity contribution in [1.29, 1.82) is 0 Å². The van der Waals surface area contributed by atoms with Crippen molar-refractivity contribution in [3.05, 3.63) is 48.6 Å². The van der Waals surface area contributed by atoms with Crippen molar-refractivity contribution >= 4 is 11.9 Å². The van der Waals surface area contributed by atoms with Crippen molar-refractivity contribution in [2.24, 2.45) is 0 Å². The van der Waals surface area contributed by atoms with Crippen LogP contribution in [0.4, 0.5) is 0 Å². The van der Waals surface area contributed by atoms with Crippen molar-refractivity contribution in [3.8, 4) is 0 Å². The highest BCUT2D eigenvalue weighted by Gasteiger charge is 2.24. The Hall–Kier alpha value is -2.18. The third kappa shape index (κ3) is 40.4. The number of esters is 1. The van der Waals surface area contributed by atoms with Crippen LogP contribution in [-0.2, 0) is 14.3 Å². The molecule has 0 saturated heterocycles. The number of carbonyl (C=O) groups is 2. The van der Waals surface area contributed by atoms with Gasteiger partial charge in [-0.2, -0.15) is 0 Å². The molecule has 0 aliphatic heterocycles. The minimum absolute atomic E-state index is 0.0637. The molecule has 3 atom stereocenters. The highest BCUT2D eigenvalue weighted by molar-refractivity contribution is 5.77. The highest BCUT2D eigenvalue weighted by atomic mass is 16.5. The van der Waals surface area contributed by atoms with Gasteiger partial charge in [0.1, 0.15) is 6.10 Å². The maximum atomic E-state index is 13.2. The maximum Gasteiger partial charge on any atom is 0.306 e. The molecular weight excluding hydrogens is 707 g/mol. The van der Waals surface area contributed by atoms with E-state index in [1.165, 1.54) is 103 Å². The fourth-order valence-electron chi connectivity index (χ4n) is 7.25. The van der Waals surface area contributed by atoms with Gasteiger partial charge in [0.05, 0.1) is 25.2 Å². The zero-order valence-electron chi connectivity index (χ0n) is 37.7. The number of aliphatic hydroxyl groups excluding tert-OH is 2. The first kappa shape index (κ1) is 54.8. The summed E-state index contributed by atoms with van der Waals surface area (Å²) in [6, 6.07) is -0.707. The number of aliphatic hydroxyl groups is 2. The lowest BCUT2D eigenvalue weighted by Crippen LogP contribution is -2.46. The molecule has 0 bridgehead atoms. The molecule has 0 aliphatic rings. The van der Waals surface area contributed by atoms with Gasteiger partial charge < -0.3 is 20.3 Å². The summed E-state index contributed by atoms with van der Waals surface area (Å²) < 4.78 is 5.91. The van der Waals surface area contributed by atoms with Gasteiger partial charge in [-0.05, 0) is 70.6 Å². The van der Waals surface area contributed by atoms with Crippen LogP contribution in [0.1, 0.15) is 239 Å². The van der Waals surface area contributed by atoms with Crippen LogP contribution in [0, 0.1) is 0 Å².